The SMILES string of the molecule is COc1ccccc1-c1cc(C(=O)NCc2ccccc2)c2c3sccc3ccn2c1=O. The van der Waals surface area contributed by atoms with Gasteiger partial charge in [0.1, 0.15) is 5.75 Å². The van der Waals surface area contributed by atoms with E-state index in [1.165, 1.54) is 11.3 Å². The Bertz CT molecular complexity index is 1500. The largest absolute Gasteiger partial charge is 0.496 e. The van der Waals surface area contributed by atoms with Crippen molar-refractivity contribution in [2.24, 2.45) is 0 Å². The minimum Gasteiger partial charge on any atom is -0.496 e. The molecule has 0 aliphatic rings. The summed E-state index contributed by atoms with van der Waals surface area (Å²) in [4.78, 5) is 26.9. The molecular weight excluding hydrogens is 420 g/mol. The molecule has 3 heterocycles. The van der Waals surface area contributed by atoms with Crippen LogP contribution < -0.4 is 15.6 Å². The summed E-state index contributed by atoms with van der Waals surface area (Å²) < 4.78 is 7.95. The van der Waals surface area contributed by atoms with Crippen LogP contribution in [0, 0.1) is 0 Å². The zero-order chi connectivity index (χ0) is 22.1. The van der Waals surface area contributed by atoms with Gasteiger partial charge in [0.25, 0.3) is 11.5 Å². The van der Waals surface area contributed by atoms with Crippen LogP contribution in [-0.2, 0) is 6.54 Å². The molecule has 158 valence electrons. The number of carbonyl (C=O) groups excluding carboxylic acids is 1. The fraction of sp³-hybridized carbons (Fsp3) is 0.0769. The molecule has 2 aromatic carbocycles. The number of thiophene rings is 1. The average molecular weight is 441 g/mol. The molecule has 5 rings (SSSR count). The molecule has 1 amide bonds. The second-order valence-electron chi connectivity index (χ2n) is 7.38. The number of aromatic nitrogens is 1. The summed E-state index contributed by atoms with van der Waals surface area (Å²) in [5.74, 6) is 0.348. The van der Waals surface area contributed by atoms with Crippen LogP contribution in [0.5, 0.6) is 5.75 Å². The molecule has 5 nitrogen and oxygen atoms in total. The number of amides is 1. The fourth-order valence-electron chi connectivity index (χ4n) is 3.91. The smallest absolute Gasteiger partial charge is 0.263 e. The summed E-state index contributed by atoms with van der Waals surface area (Å²) in [6, 6.07) is 22.7. The molecule has 0 saturated heterocycles. The number of methoxy groups -OCH3 is 1. The molecule has 0 unspecified atom stereocenters. The van der Waals surface area contributed by atoms with E-state index in [1.54, 1.807) is 29.8 Å². The molecule has 6 heteroatoms. The normalized spacial score (nSPS) is 11.0. The summed E-state index contributed by atoms with van der Waals surface area (Å²) in [6.45, 7) is 0.398. The van der Waals surface area contributed by atoms with Crippen LogP contribution in [0.3, 0.4) is 0 Å². The predicted molar refractivity (Wildman–Crippen MR) is 129 cm³/mol. The van der Waals surface area contributed by atoms with Gasteiger partial charge in [-0.1, -0.05) is 48.5 Å². The maximum absolute atomic E-state index is 13.5. The molecule has 0 spiro atoms. The van der Waals surface area contributed by atoms with Gasteiger partial charge in [0.05, 0.1) is 28.5 Å². The molecule has 0 aliphatic heterocycles. The number of ether oxygens (including phenoxy) is 1. The molecule has 0 aliphatic carbocycles. The number of carbonyl (C=O) groups is 1. The quantitative estimate of drug-likeness (QED) is 0.413. The number of fused-ring (bicyclic) bond motifs is 3. The topological polar surface area (TPSA) is 59.8 Å². The number of benzene rings is 2. The van der Waals surface area contributed by atoms with Crippen molar-refractivity contribution in [1.29, 1.82) is 0 Å². The molecule has 0 radical (unpaired) electrons. The first-order valence-corrected chi connectivity index (χ1v) is 11.1. The van der Waals surface area contributed by atoms with Crippen molar-refractivity contribution < 1.29 is 9.53 Å². The third-order valence-corrected chi connectivity index (χ3v) is 6.42. The van der Waals surface area contributed by atoms with Crippen LogP contribution in [0.25, 0.3) is 26.7 Å². The highest BCUT2D eigenvalue weighted by molar-refractivity contribution is 7.18. The van der Waals surface area contributed by atoms with Gasteiger partial charge < -0.3 is 10.1 Å². The van der Waals surface area contributed by atoms with E-state index >= 15 is 0 Å². The summed E-state index contributed by atoms with van der Waals surface area (Å²) >= 11 is 1.52. The monoisotopic (exact) mass is 440 g/mol. The van der Waals surface area contributed by atoms with E-state index in [1.807, 2.05) is 66.0 Å². The number of nitrogens with zero attached hydrogens (tertiary/aromatic N) is 1. The number of hydrogen-bond acceptors (Lipinski definition) is 4. The van der Waals surface area contributed by atoms with E-state index in [2.05, 4.69) is 5.32 Å². The molecule has 0 atom stereocenters. The molecule has 0 saturated carbocycles. The third kappa shape index (κ3) is 3.44. The first-order chi connectivity index (χ1) is 15.7. The summed E-state index contributed by atoms with van der Waals surface area (Å²) in [5, 5.41) is 5.97. The maximum atomic E-state index is 13.5. The Morgan fingerprint density at radius 1 is 1.00 bits per heavy atom. The Balaban J connectivity index is 1.72. The first kappa shape index (κ1) is 20.0. The zero-order valence-corrected chi connectivity index (χ0v) is 18.2. The van der Waals surface area contributed by atoms with Crippen LogP contribution in [0.1, 0.15) is 15.9 Å². The minimum atomic E-state index is -0.233. The number of pyridine rings is 2. The van der Waals surface area contributed by atoms with Gasteiger partial charge in [0.15, 0.2) is 0 Å². The van der Waals surface area contributed by atoms with Crippen molar-refractivity contribution in [2.45, 2.75) is 6.54 Å². The Morgan fingerprint density at radius 2 is 1.78 bits per heavy atom. The van der Waals surface area contributed by atoms with E-state index in [9.17, 15) is 9.59 Å². The summed E-state index contributed by atoms with van der Waals surface area (Å²) in [7, 11) is 1.57. The van der Waals surface area contributed by atoms with E-state index in [0.29, 0.717) is 34.5 Å². The van der Waals surface area contributed by atoms with E-state index < -0.39 is 0 Å². The second-order valence-corrected chi connectivity index (χ2v) is 8.30. The third-order valence-electron chi connectivity index (χ3n) is 5.49. The van der Waals surface area contributed by atoms with Crippen LogP contribution in [-0.4, -0.2) is 17.4 Å². The molecule has 1 N–H and O–H groups in total. The molecule has 3 aromatic heterocycles. The van der Waals surface area contributed by atoms with Crippen molar-refractivity contribution in [3.63, 3.8) is 0 Å². The van der Waals surface area contributed by atoms with E-state index in [0.717, 1.165) is 15.6 Å². The lowest BCUT2D eigenvalue weighted by Gasteiger charge is -2.14. The maximum Gasteiger partial charge on any atom is 0.263 e. The Morgan fingerprint density at radius 3 is 2.59 bits per heavy atom. The van der Waals surface area contributed by atoms with Crippen LogP contribution >= 0.6 is 11.3 Å². The number of rotatable bonds is 5. The van der Waals surface area contributed by atoms with E-state index in [-0.39, 0.29) is 11.5 Å². The molecule has 0 bridgehead atoms. The molecule has 5 aromatic rings. The summed E-state index contributed by atoms with van der Waals surface area (Å²) in [5.41, 5.74) is 2.95. The lowest BCUT2D eigenvalue weighted by molar-refractivity contribution is 0.0952. The van der Waals surface area contributed by atoms with Gasteiger partial charge in [-0.05, 0) is 40.6 Å². The van der Waals surface area contributed by atoms with Gasteiger partial charge in [0, 0.05) is 18.3 Å². The minimum absolute atomic E-state index is 0.195. The Labute approximate surface area is 188 Å². The van der Waals surface area contributed by atoms with Gasteiger partial charge >= 0.3 is 0 Å². The lowest BCUT2D eigenvalue weighted by Crippen LogP contribution is -2.26. The van der Waals surface area contributed by atoms with Crippen molar-refractivity contribution in [1.82, 2.24) is 9.72 Å². The van der Waals surface area contributed by atoms with Crippen molar-refractivity contribution in [3.8, 4) is 16.9 Å². The standard InChI is InChI=1S/C26H20N2O3S/c1-31-22-10-6-5-9-19(22)20-15-21(25(29)27-16-17-7-3-2-4-8-17)23-24-18(12-14-32-24)11-13-28(23)26(20)30/h2-15H,16H2,1H3,(H,27,29). The zero-order valence-electron chi connectivity index (χ0n) is 17.4. The van der Waals surface area contributed by atoms with Gasteiger partial charge in [0.2, 0.25) is 0 Å². The Hall–Kier alpha value is -3.90. The number of nitrogens with one attached hydrogen (secondary N) is 1. The van der Waals surface area contributed by atoms with Crippen molar-refractivity contribution in [3.05, 3.63) is 106 Å². The first-order valence-electron chi connectivity index (χ1n) is 10.2. The Kier molecular flexibility index (Phi) is 5.21. The second kappa shape index (κ2) is 8.32. The van der Waals surface area contributed by atoms with Crippen molar-refractivity contribution >= 4 is 32.8 Å². The predicted octanol–water partition coefficient (Wildman–Crippen LogP) is 5.12. The number of hydrogen-bond donors (Lipinski definition) is 1. The highest BCUT2D eigenvalue weighted by Crippen LogP contribution is 2.32. The van der Waals surface area contributed by atoms with Gasteiger partial charge in [-0.2, -0.15) is 0 Å². The highest BCUT2D eigenvalue weighted by Gasteiger charge is 2.20. The van der Waals surface area contributed by atoms with Crippen LogP contribution in [0.4, 0.5) is 0 Å². The molecule has 32 heavy (non-hydrogen) atoms. The van der Waals surface area contributed by atoms with Gasteiger partial charge in [-0.25, -0.2) is 0 Å². The van der Waals surface area contributed by atoms with Crippen LogP contribution in [0.2, 0.25) is 0 Å². The van der Waals surface area contributed by atoms with Crippen molar-refractivity contribution in [2.75, 3.05) is 7.11 Å². The fourth-order valence-corrected chi connectivity index (χ4v) is 4.86. The van der Waals surface area contributed by atoms with E-state index in [4.69, 9.17) is 4.74 Å². The summed E-state index contributed by atoms with van der Waals surface area (Å²) in [6.07, 6.45) is 1.74. The van der Waals surface area contributed by atoms with Gasteiger partial charge in [-0.15, -0.1) is 11.3 Å². The molecular formula is C26H20N2O3S. The van der Waals surface area contributed by atoms with Crippen LogP contribution in [0.15, 0.2) is 89.2 Å². The lowest BCUT2D eigenvalue weighted by atomic mass is 10.0. The average Bonchev–Trinajstić information content (AvgIpc) is 3.33. The molecule has 0 fully saturated rings. The highest BCUT2D eigenvalue weighted by atomic mass is 32.1. The number of para-hydroxylation sites is 1. The van der Waals surface area contributed by atoms with Gasteiger partial charge in [-0.3, -0.25) is 14.0 Å².